The first kappa shape index (κ1) is 19.9. The van der Waals surface area contributed by atoms with Crippen LogP contribution in [0.2, 0.25) is 5.02 Å². The number of nitrogens with zero attached hydrogens (tertiary/aromatic N) is 2. The summed E-state index contributed by atoms with van der Waals surface area (Å²) in [5, 5.41) is 2.37. The monoisotopic (exact) mass is 439 g/mol. The Labute approximate surface area is 171 Å². The van der Waals surface area contributed by atoms with Crippen LogP contribution in [0.25, 0.3) is 11.3 Å². The lowest BCUT2D eigenvalue weighted by molar-refractivity contribution is -0.208. The van der Waals surface area contributed by atoms with Crippen LogP contribution in [0.15, 0.2) is 42.7 Å². The molecule has 0 bridgehead atoms. The van der Waals surface area contributed by atoms with Crippen molar-refractivity contribution in [2.45, 2.75) is 6.11 Å². The first-order valence-electron chi connectivity index (χ1n) is 8.34. The fourth-order valence-electron chi connectivity index (χ4n) is 2.70. The van der Waals surface area contributed by atoms with Gasteiger partial charge in [-0.05, 0) is 18.2 Å². The molecule has 2 aromatic carbocycles. The Morgan fingerprint density at radius 3 is 2.50 bits per heavy atom. The number of benzene rings is 2. The van der Waals surface area contributed by atoms with E-state index in [0.29, 0.717) is 0 Å². The van der Waals surface area contributed by atoms with Crippen LogP contribution in [0.1, 0.15) is 10.4 Å². The number of fused-ring (bicyclic) bond motifs is 1. The van der Waals surface area contributed by atoms with E-state index < -0.39 is 35.8 Å². The lowest BCUT2D eigenvalue weighted by Crippen LogP contribution is -2.35. The predicted octanol–water partition coefficient (Wildman–Crippen LogP) is 4.69. The third-order valence-electron chi connectivity index (χ3n) is 4.05. The van der Waals surface area contributed by atoms with E-state index in [4.69, 9.17) is 16.3 Å². The van der Waals surface area contributed by atoms with Crippen LogP contribution in [-0.2, 0) is 0 Å². The van der Waals surface area contributed by atoms with Crippen LogP contribution >= 0.6 is 11.6 Å². The van der Waals surface area contributed by atoms with E-state index in [-0.39, 0.29) is 33.6 Å². The van der Waals surface area contributed by atoms with Crippen molar-refractivity contribution >= 4 is 23.3 Å². The summed E-state index contributed by atoms with van der Waals surface area (Å²) >= 11 is 6.16. The topological polar surface area (TPSA) is 73.3 Å². The highest BCUT2D eigenvalue weighted by Crippen LogP contribution is 2.42. The lowest BCUT2D eigenvalue weighted by atomic mass is 10.1. The fraction of sp³-hybridized carbons (Fsp3) is 0.105. The van der Waals surface area contributed by atoms with Gasteiger partial charge in [-0.1, -0.05) is 17.7 Å². The molecule has 0 spiro atoms. The van der Waals surface area contributed by atoms with Crippen molar-refractivity contribution in [2.24, 2.45) is 0 Å². The molecule has 0 radical (unpaired) electrons. The third-order valence-corrected chi connectivity index (χ3v) is 4.36. The number of carbonyl (C=O) groups is 1. The van der Waals surface area contributed by atoms with E-state index in [1.165, 1.54) is 18.3 Å². The van der Waals surface area contributed by atoms with Gasteiger partial charge in [0.05, 0.1) is 23.1 Å². The van der Waals surface area contributed by atoms with Gasteiger partial charge in [0, 0.05) is 11.6 Å². The summed E-state index contributed by atoms with van der Waals surface area (Å²) in [7, 11) is 0. The summed E-state index contributed by atoms with van der Waals surface area (Å²) in [5.41, 5.74) is -0.364. The number of aromatic nitrogens is 2. The standard InChI is InChI=1S/C19H10ClF4N3O3/c20-10-5-14-15(30-19(23,24)8-29-14)4-9(10)13-6-26-16(7-25-13)27-18(28)17-11(21)2-1-3-12(17)22/h1-7H,8H2,(H,26,27,28). The highest BCUT2D eigenvalue weighted by Gasteiger charge is 2.38. The first-order chi connectivity index (χ1) is 14.2. The molecule has 11 heteroatoms. The van der Waals surface area contributed by atoms with Crippen molar-refractivity contribution in [2.75, 3.05) is 11.9 Å². The molecule has 1 aliphatic heterocycles. The molecule has 0 fully saturated rings. The van der Waals surface area contributed by atoms with E-state index in [1.54, 1.807) is 0 Å². The molecular weight excluding hydrogens is 430 g/mol. The Hall–Kier alpha value is -3.40. The quantitative estimate of drug-likeness (QED) is 0.599. The molecule has 0 atom stereocenters. The molecule has 0 aliphatic carbocycles. The number of amides is 1. The highest BCUT2D eigenvalue weighted by atomic mass is 35.5. The van der Waals surface area contributed by atoms with Crippen molar-refractivity contribution in [1.29, 1.82) is 0 Å². The van der Waals surface area contributed by atoms with Gasteiger partial charge < -0.3 is 14.8 Å². The number of carbonyl (C=O) groups excluding carboxylic acids is 1. The van der Waals surface area contributed by atoms with E-state index >= 15 is 0 Å². The molecule has 30 heavy (non-hydrogen) atoms. The third kappa shape index (κ3) is 3.86. The molecule has 1 amide bonds. The van der Waals surface area contributed by atoms with Crippen molar-refractivity contribution in [3.05, 3.63) is 64.9 Å². The minimum atomic E-state index is -3.49. The second-order valence-electron chi connectivity index (χ2n) is 6.14. The lowest BCUT2D eigenvalue weighted by Gasteiger charge is -2.26. The Morgan fingerprint density at radius 2 is 1.83 bits per heavy atom. The van der Waals surface area contributed by atoms with Crippen molar-refractivity contribution in [3.8, 4) is 22.8 Å². The molecule has 0 saturated carbocycles. The second-order valence-corrected chi connectivity index (χ2v) is 6.55. The van der Waals surface area contributed by atoms with Gasteiger partial charge in [0.2, 0.25) is 0 Å². The van der Waals surface area contributed by atoms with Crippen molar-refractivity contribution in [1.82, 2.24) is 9.97 Å². The summed E-state index contributed by atoms with van der Waals surface area (Å²) < 4.78 is 63.7. The van der Waals surface area contributed by atoms with Crippen LogP contribution in [0.3, 0.4) is 0 Å². The molecule has 1 aliphatic rings. The van der Waals surface area contributed by atoms with E-state index in [2.05, 4.69) is 20.0 Å². The van der Waals surface area contributed by atoms with Gasteiger partial charge in [-0.3, -0.25) is 9.78 Å². The molecule has 6 nitrogen and oxygen atoms in total. The maximum absolute atomic E-state index is 13.7. The molecule has 0 unspecified atom stereocenters. The number of hydrogen-bond acceptors (Lipinski definition) is 5. The SMILES string of the molecule is O=C(Nc1cnc(-c2cc3c(cc2Cl)OCC(F)(F)O3)cn1)c1c(F)cccc1F. The summed E-state index contributed by atoms with van der Waals surface area (Å²) in [6.07, 6.45) is -1.17. The van der Waals surface area contributed by atoms with Gasteiger partial charge in [-0.2, -0.15) is 8.78 Å². The normalized spacial score (nSPS) is 14.3. The fourth-order valence-corrected chi connectivity index (χ4v) is 2.95. The minimum Gasteiger partial charge on any atom is -0.479 e. The zero-order chi connectivity index (χ0) is 21.5. The van der Waals surface area contributed by atoms with Crippen LogP contribution in [0, 0.1) is 11.6 Å². The Morgan fingerprint density at radius 1 is 1.10 bits per heavy atom. The van der Waals surface area contributed by atoms with E-state index in [9.17, 15) is 22.4 Å². The highest BCUT2D eigenvalue weighted by molar-refractivity contribution is 6.33. The molecule has 3 aromatic rings. The second kappa shape index (κ2) is 7.45. The Kier molecular flexibility index (Phi) is 4.94. The van der Waals surface area contributed by atoms with Gasteiger partial charge in [0.15, 0.2) is 23.9 Å². The van der Waals surface area contributed by atoms with Gasteiger partial charge in [0.1, 0.15) is 17.2 Å². The Bertz CT molecular complexity index is 1120. The predicted molar refractivity (Wildman–Crippen MR) is 97.9 cm³/mol. The van der Waals surface area contributed by atoms with Gasteiger partial charge in [0.25, 0.3) is 5.91 Å². The number of nitrogens with one attached hydrogen (secondary N) is 1. The smallest absolute Gasteiger partial charge is 0.433 e. The molecule has 1 N–H and O–H groups in total. The zero-order valence-electron chi connectivity index (χ0n) is 14.8. The maximum Gasteiger partial charge on any atom is 0.433 e. The Balaban J connectivity index is 1.58. The number of halogens is 5. The molecule has 2 heterocycles. The molecule has 4 rings (SSSR count). The zero-order valence-corrected chi connectivity index (χ0v) is 15.5. The average molecular weight is 440 g/mol. The maximum atomic E-state index is 13.7. The number of ether oxygens (including phenoxy) is 2. The molecular formula is C19H10ClF4N3O3. The first-order valence-corrected chi connectivity index (χ1v) is 8.72. The van der Waals surface area contributed by atoms with Gasteiger partial charge >= 0.3 is 6.11 Å². The summed E-state index contributed by atoms with van der Waals surface area (Å²) in [5.74, 6) is -3.37. The van der Waals surface area contributed by atoms with Crippen LogP contribution in [0.4, 0.5) is 23.4 Å². The largest absolute Gasteiger partial charge is 0.479 e. The molecule has 154 valence electrons. The molecule has 0 saturated heterocycles. The van der Waals surface area contributed by atoms with Crippen LogP contribution < -0.4 is 14.8 Å². The minimum absolute atomic E-state index is 0.0541. The van der Waals surface area contributed by atoms with Gasteiger partial charge in [-0.15, -0.1) is 0 Å². The van der Waals surface area contributed by atoms with Gasteiger partial charge in [-0.25, -0.2) is 13.8 Å². The summed E-state index contributed by atoms with van der Waals surface area (Å²) in [6.45, 7) is -0.938. The van der Waals surface area contributed by atoms with Crippen molar-refractivity contribution in [3.63, 3.8) is 0 Å². The van der Waals surface area contributed by atoms with E-state index in [0.717, 1.165) is 24.4 Å². The number of rotatable bonds is 3. The average Bonchev–Trinajstić information content (AvgIpc) is 2.68. The number of alkyl halides is 2. The van der Waals surface area contributed by atoms with Crippen LogP contribution in [-0.4, -0.2) is 28.6 Å². The number of hydrogen-bond donors (Lipinski definition) is 1. The van der Waals surface area contributed by atoms with E-state index in [1.807, 2.05) is 0 Å². The summed E-state index contributed by atoms with van der Waals surface area (Å²) in [6, 6.07) is 5.55. The van der Waals surface area contributed by atoms with Crippen LogP contribution in [0.5, 0.6) is 11.5 Å². The summed E-state index contributed by atoms with van der Waals surface area (Å²) in [4.78, 5) is 20.1. The molecule has 1 aromatic heterocycles. The number of anilines is 1. The van der Waals surface area contributed by atoms with Crippen molar-refractivity contribution < 1.29 is 31.8 Å².